The van der Waals surface area contributed by atoms with Gasteiger partial charge in [-0.05, 0) is 62.8 Å². The summed E-state index contributed by atoms with van der Waals surface area (Å²) in [4.78, 5) is 27.8. The van der Waals surface area contributed by atoms with Gasteiger partial charge >= 0.3 is 5.97 Å². The van der Waals surface area contributed by atoms with E-state index in [1.54, 1.807) is 25.1 Å². The number of hydrogen-bond donors (Lipinski definition) is 1. The van der Waals surface area contributed by atoms with Gasteiger partial charge < -0.3 is 19.7 Å². The van der Waals surface area contributed by atoms with E-state index in [2.05, 4.69) is 48.3 Å². The molecule has 0 aliphatic carbocycles. The zero-order chi connectivity index (χ0) is 25.2. The minimum Gasteiger partial charge on any atom is -0.493 e. The van der Waals surface area contributed by atoms with Crippen LogP contribution in [0.4, 0.5) is 5.69 Å². The second kappa shape index (κ2) is 13.0. The standard InChI is InChI=1S/C29H38N2O4/c1-5-34-27-19-22(14-15-24(27)29(33)35-6-2)20-28(32)30-25(18-21(3)4)23-12-8-9-13-26(23)31-16-10-7-11-17-31/h8-9,12-15,18-19,21H,5-7,10-11,16-17,20H2,1-4H3,(H,30,32). The Morgan fingerprint density at radius 2 is 1.74 bits per heavy atom. The molecule has 1 fully saturated rings. The number of anilines is 1. The third-order valence-electron chi connectivity index (χ3n) is 5.87. The molecule has 0 saturated carbocycles. The molecule has 6 nitrogen and oxygen atoms in total. The van der Waals surface area contributed by atoms with E-state index in [0.717, 1.165) is 35.6 Å². The summed E-state index contributed by atoms with van der Waals surface area (Å²) in [5.41, 5.74) is 4.18. The lowest BCUT2D eigenvalue weighted by atomic mass is 10.0. The molecule has 0 radical (unpaired) electrons. The summed E-state index contributed by atoms with van der Waals surface area (Å²) in [7, 11) is 0. The van der Waals surface area contributed by atoms with E-state index in [0.29, 0.717) is 24.5 Å². The fourth-order valence-corrected chi connectivity index (χ4v) is 4.35. The van der Waals surface area contributed by atoms with Crippen molar-refractivity contribution in [2.24, 2.45) is 5.92 Å². The number of para-hydroxylation sites is 1. The molecule has 1 heterocycles. The second-order valence-corrected chi connectivity index (χ2v) is 9.10. The van der Waals surface area contributed by atoms with Gasteiger partial charge in [-0.2, -0.15) is 0 Å². The Kier molecular flexibility index (Phi) is 9.76. The molecule has 1 aliphatic rings. The Hall–Kier alpha value is -3.28. The van der Waals surface area contributed by atoms with Crippen molar-refractivity contribution in [3.05, 3.63) is 65.2 Å². The predicted octanol–water partition coefficient (Wildman–Crippen LogP) is 5.61. The lowest BCUT2D eigenvalue weighted by Gasteiger charge is -2.31. The summed E-state index contributed by atoms with van der Waals surface area (Å²) in [5, 5.41) is 3.16. The van der Waals surface area contributed by atoms with Crippen LogP contribution in [0.15, 0.2) is 48.5 Å². The SMILES string of the molecule is CCOC(=O)c1ccc(CC(=O)NC(=CC(C)C)c2ccccc2N2CCCCC2)cc1OCC. The lowest BCUT2D eigenvalue weighted by molar-refractivity contribution is -0.119. The van der Waals surface area contributed by atoms with Crippen molar-refractivity contribution in [3.8, 4) is 5.75 Å². The molecule has 0 atom stereocenters. The highest BCUT2D eigenvalue weighted by atomic mass is 16.5. The molecule has 0 unspecified atom stereocenters. The largest absolute Gasteiger partial charge is 0.493 e. The van der Waals surface area contributed by atoms with Crippen LogP contribution in [-0.4, -0.2) is 38.2 Å². The number of carbonyl (C=O) groups is 2. The molecule has 3 rings (SSSR count). The van der Waals surface area contributed by atoms with Crippen LogP contribution in [0.2, 0.25) is 0 Å². The zero-order valence-electron chi connectivity index (χ0n) is 21.4. The van der Waals surface area contributed by atoms with Gasteiger partial charge in [-0.15, -0.1) is 0 Å². The fraction of sp³-hybridized carbons (Fsp3) is 0.448. The summed E-state index contributed by atoms with van der Waals surface area (Å²) in [5.74, 6) is 0.165. The maximum Gasteiger partial charge on any atom is 0.341 e. The van der Waals surface area contributed by atoms with Crippen LogP contribution in [-0.2, 0) is 16.0 Å². The van der Waals surface area contributed by atoms with Gasteiger partial charge in [0.15, 0.2) is 0 Å². The number of carbonyl (C=O) groups excluding carboxylic acids is 2. The lowest BCUT2D eigenvalue weighted by Crippen LogP contribution is -2.31. The van der Waals surface area contributed by atoms with Crippen LogP contribution in [0.1, 0.15) is 68.4 Å². The third-order valence-corrected chi connectivity index (χ3v) is 5.87. The normalized spacial score (nSPS) is 14.1. The summed E-state index contributed by atoms with van der Waals surface area (Å²) >= 11 is 0. The first-order valence-corrected chi connectivity index (χ1v) is 12.7. The number of piperidine rings is 1. The maximum absolute atomic E-state index is 13.2. The highest BCUT2D eigenvalue weighted by Gasteiger charge is 2.19. The molecule has 2 aromatic carbocycles. The second-order valence-electron chi connectivity index (χ2n) is 9.10. The molecule has 0 bridgehead atoms. The van der Waals surface area contributed by atoms with Crippen molar-refractivity contribution < 1.29 is 19.1 Å². The highest BCUT2D eigenvalue weighted by molar-refractivity contribution is 5.93. The monoisotopic (exact) mass is 478 g/mol. The molecule has 2 aromatic rings. The van der Waals surface area contributed by atoms with Crippen LogP contribution >= 0.6 is 0 Å². The van der Waals surface area contributed by atoms with Crippen molar-refractivity contribution in [3.63, 3.8) is 0 Å². The number of nitrogens with zero attached hydrogens (tertiary/aromatic N) is 1. The number of amides is 1. The quantitative estimate of drug-likeness (QED) is 0.450. The minimum atomic E-state index is -0.427. The Morgan fingerprint density at radius 1 is 1.00 bits per heavy atom. The summed E-state index contributed by atoms with van der Waals surface area (Å²) in [6.07, 6.45) is 5.92. The van der Waals surface area contributed by atoms with E-state index in [-0.39, 0.29) is 18.2 Å². The van der Waals surface area contributed by atoms with E-state index < -0.39 is 5.97 Å². The molecular weight excluding hydrogens is 440 g/mol. The number of hydrogen-bond acceptors (Lipinski definition) is 5. The first kappa shape index (κ1) is 26.3. The molecule has 35 heavy (non-hydrogen) atoms. The Balaban J connectivity index is 1.82. The number of nitrogens with one attached hydrogen (secondary N) is 1. The van der Waals surface area contributed by atoms with E-state index >= 15 is 0 Å². The van der Waals surface area contributed by atoms with Gasteiger partial charge in [-0.3, -0.25) is 4.79 Å². The summed E-state index contributed by atoms with van der Waals surface area (Å²) in [6, 6.07) is 13.5. The Bertz CT molecular complexity index is 1040. The first-order chi connectivity index (χ1) is 16.9. The number of benzene rings is 2. The van der Waals surface area contributed by atoms with E-state index in [4.69, 9.17) is 9.47 Å². The molecule has 1 saturated heterocycles. The molecular formula is C29H38N2O4. The predicted molar refractivity (Wildman–Crippen MR) is 141 cm³/mol. The van der Waals surface area contributed by atoms with Gasteiger partial charge in [-0.1, -0.05) is 44.2 Å². The topological polar surface area (TPSA) is 67.9 Å². The molecule has 1 aliphatic heterocycles. The number of esters is 1. The van der Waals surface area contributed by atoms with Crippen LogP contribution < -0.4 is 15.0 Å². The van der Waals surface area contributed by atoms with Gasteiger partial charge in [0.25, 0.3) is 0 Å². The molecule has 0 aromatic heterocycles. The van der Waals surface area contributed by atoms with E-state index in [9.17, 15) is 9.59 Å². The molecule has 188 valence electrons. The number of allylic oxidation sites excluding steroid dienone is 1. The van der Waals surface area contributed by atoms with Gasteiger partial charge in [0, 0.05) is 30.0 Å². The van der Waals surface area contributed by atoms with Crippen LogP contribution in [0.5, 0.6) is 5.75 Å². The first-order valence-electron chi connectivity index (χ1n) is 12.7. The Labute approximate surface area is 209 Å². The van der Waals surface area contributed by atoms with Crippen molar-refractivity contribution in [2.75, 3.05) is 31.2 Å². The summed E-state index contributed by atoms with van der Waals surface area (Å²) in [6.45, 7) is 10.6. The summed E-state index contributed by atoms with van der Waals surface area (Å²) < 4.78 is 10.8. The van der Waals surface area contributed by atoms with Gasteiger partial charge in [0.05, 0.1) is 19.6 Å². The number of ether oxygens (including phenoxy) is 2. The maximum atomic E-state index is 13.2. The van der Waals surface area contributed by atoms with Gasteiger partial charge in [0.1, 0.15) is 11.3 Å². The molecule has 0 spiro atoms. The van der Waals surface area contributed by atoms with Crippen molar-refractivity contribution in [1.29, 1.82) is 0 Å². The molecule has 1 N–H and O–H groups in total. The third kappa shape index (κ3) is 7.35. The van der Waals surface area contributed by atoms with Gasteiger partial charge in [-0.25, -0.2) is 4.79 Å². The van der Waals surface area contributed by atoms with Gasteiger partial charge in [0.2, 0.25) is 5.91 Å². The highest BCUT2D eigenvalue weighted by Crippen LogP contribution is 2.29. The minimum absolute atomic E-state index is 0.114. The van der Waals surface area contributed by atoms with Crippen LogP contribution in [0, 0.1) is 5.92 Å². The van der Waals surface area contributed by atoms with Crippen molar-refractivity contribution >= 4 is 23.3 Å². The Morgan fingerprint density at radius 3 is 2.43 bits per heavy atom. The van der Waals surface area contributed by atoms with E-state index in [1.165, 1.54) is 19.3 Å². The molecule has 1 amide bonds. The number of rotatable bonds is 10. The van der Waals surface area contributed by atoms with Crippen molar-refractivity contribution in [1.82, 2.24) is 5.32 Å². The zero-order valence-corrected chi connectivity index (χ0v) is 21.4. The van der Waals surface area contributed by atoms with Crippen LogP contribution in [0.25, 0.3) is 5.70 Å². The van der Waals surface area contributed by atoms with Crippen LogP contribution in [0.3, 0.4) is 0 Å². The van der Waals surface area contributed by atoms with Crippen molar-refractivity contribution in [2.45, 2.75) is 53.4 Å². The average molecular weight is 479 g/mol. The molecule has 6 heteroatoms. The smallest absolute Gasteiger partial charge is 0.341 e. The average Bonchev–Trinajstić information content (AvgIpc) is 2.84. The fourth-order valence-electron chi connectivity index (χ4n) is 4.35. The van der Waals surface area contributed by atoms with E-state index in [1.807, 2.05) is 13.0 Å².